The number of thiophene rings is 1. The molecule has 1 aromatic carbocycles. The fraction of sp³-hybridized carbons (Fsp3) is 0.333. The minimum Gasteiger partial charge on any atom is -0.340 e. The second-order valence-corrected chi connectivity index (χ2v) is 7.81. The van der Waals surface area contributed by atoms with Gasteiger partial charge in [0.15, 0.2) is 0 Å². The zero-order valence-corrected chi connectivity index (χ0v) is 16.6. The summed E-state index contributed by atoms with van der Waals surface area (Å²) < 4.78 is 0. The van der Waals surface area contributed by atoms with Crippen molar-refractivity contribution in [1.82, 2.24) is 10.2 Å². The molecule has 25 heavy (non-hydrogen) atoms. The molecule has 0 spiro atoms. The van der Waals surface area contributed by atoms with Crippen molar-refractivity contribution in [2.24, 2.45) is 5.92 Å². The summed E-state index contributed by atoms with van der Waals surface area (Å²) in [5.74, 6) is -0.458. The highest BCUT2D eigenvalue weighted by atomic mass is 35.5. The van der Waals surface area contributed by atoms with Crippen molar-refractivity contribution < 1.29 is 9.59 Å². The third-order valence-electron chi connectivity index (χ3n) is 3.78. The van der Waals surface area contributed by atoms with Gasteiger partial charge in [-0.25, -0.2) is 0 Å². The zero-order valence-electron chi connectivity index (χ0n) is 14.3. The molecule has 7 heteroatoms. The summed E-state index contributed by atoms with van der Waals surface area (Å²) in [6, 6.07) is 8.24. The molecule has 2 aromatic rings. The van der Waals surface area contributed by atoms with E-state index in [2.05, 4.69) is 5.32 Å². The Bertz CT molecular complexity index is 748. The molecule has 0 saturated carbocycles. The molecular formula is C18H20Cl2N2O2S. The minimum absolute atomic E-state index is 0.0475. The Morgan fingerprint density at radius 3 is 2.52 bits per heavy atom. The van der Waals surface area contributed by atoms with E-state index in [4.69, 9.17) is 23.2 Å². The average molecular weight is 399 g/mol. The Labute approximate surface area is 161 Å². The van der Waals surface area contributed by atoms with Crippen molar-refractivity contribution in [2.75, 3.05) is 7.05 Å². The monoisotopic (exact) mass is 398 g/mol. The number of rotatable bonds is 6. The van der Waals surface area contributed by atoms with Crippen molar-refractivity contribution >= 4 is 46.4 Å². The fourth-order valence-electron chi connectivity index (χ4n) is 2.38. The normalized spacial score (nSPS) is 12.1. The van der Waals surface area contributed by atoms with E-state index in [0.717, 1.165) is 5.56 Å². The van der Waals surface area contributed by atoms with Gasteiger partial charge in [0, 0.05) is 13.6 Å². The largest absolute Gasteiger partial charge is 0.340 e. The second kappa shape index (κ2) is 8.70. The molecule has 134 valence electrons. The van der Waals surface area contributed by atoms with Crippen LogP contribution in [0.5, 0.6) is 0 Å². The molecule has 0 aliphatic rings. The highest BCUT2D eigenvalue weighted by molar-refractivity contribution is 7.12. The minimum atomic E-state index is -0.613. The third-order valence-corrected chi connectivity index (χ3v) is 5.51. The van der Waals surface area contributed by atoms with Crippen molar-refractivity contribution in [3.05, 3.63) is 56.2 Å². The van der Waals surface area contributed by atoms with E-state index in [1.54, 1.807) is 36.2 Å². The lowest BCUT2D eigenvalue weighted by Crippen LogP contribution is -2.49. The van der Waals surface area contributed by atoms with E-state index in [0.29, 0.717) is 21.5 Å². The van der Waals surface area contributed by atoms with Crippen LogP contribution in [-0.2, 0) is 11.3 Å². The van der Waals surface area contributed by atoms with E-state index in [-0.39, 0.29) is 17.7 Å². The van der Waals surface area contributed by atoms with E-state index in [9.17, 15) is 9.59 Å². The topological polar surface area (TPSA) is 49.4 Å². The summed E-state index contributed by atoms with van der Waals surface area (Å²) in [5.41, 5.74) is 0.761. The van der Waals surface area contributed by atoms with Gasteiger partial charge in [0.25, 0.3) is 5.91 Å². The molecule has 1 N–H and O–H groups in total. The number of benzene rings is 1. The molecular weight excluding hydrogens is 379 g/mol. The van der Waals surface area contributed by atoms with Crippen LogP contribution in [0.1, 0.15) is 29.1 Å². The van der Waals surface area contributed by atoms with Gasteiger partial charge in [-0.1, -0.05) is 55.2 Å². The number of likely N-dealkylation sites (N-methyl/N-ethyl adjacent to an activating group) is 1. The highest BCUT2D eigenvalue weighted by Gasteiger charge is 2.28. The second-order valence-electron chi connectivity index (χ2n) is 6.08. The number of hydrogen-bond acceptors (Lipinski definition) is 3. The molecule has 0 unspecified atom stereocenters. The van der Waals surface area contributed by atoms with Crippen LogP contribution < -0.4 is 5.32 Å². The SMILES string of the molecule is CC(C)[C@H](NC(=O)c1cccs1)C(=O)N(C)Cc1cccc(Cl)c1Cl. The molecule has 1 heterocycles. The Hall–Kier alpha value is -1.56. The van der Waals surface area contributed by atoms with Crippen molar-refractivity contribution in [3.63, 3.8) is 0 Å². The van der Waals surface area contributed by atoms with E-state index < -0.39 is 6.04 Å². The quantitative estimate of drug-likeness (QED) is 0.779. The molecule has 0 fully saturated rings. The van der Waals surface area contributed by atoms with Crippen LogP contribution in [0.15, 0.2) is 35.7 Å². The fourth-order valence-corrected chi connectivity index (χ4v) is 3.38. The molecule has 0 aliphatic carbocycles. The van der Waals surface area contributed by atoms with Crippen LogP contribution in [-0.4, -0.2) is 29.8 Å². The maximum Gasteiger partial charge on any atom is 0.262 e. The first-order chi connectivity index (χ1) is 11.8. The summed E-state index contributed by atoms with van der Waals surface area (Å²) in [5, 5.41) is 5.55. The zero-order chi connectivity index (χ0) is 18.6. The van der Waals surface area contributed by atoms with E-state index >= 15 is 0 Å². The van der Waals surface area contributed by atoms with Crippen LogP contribution in [0.4, 0.5) is 0 Å². The maximum absolute atomic E-state index is 12.8. The molecule has 1 aromatic heterocycles. The number of hydrogen-bond donors (Lipinski definition) is 1. The predicted octanol–water partition coefficient (Wildman–Crippen LogP) is 4.47. The van der Waals surface area contributed by atoms with E-state index in [1.807, 2.05) is 25.3 Å². The number of nitrogens with zero attached hydrogens (tertiary/aromatic N) is 1. The van der Waals surface area contributed by atoms with Crippen LogP contribution >= 0.6 is 34.5 Å². The Kier molecular flexibility index (Phi) is 6.87. The van der Waals surface area contributed by atoms with Crippen molar-refractivity contribution in [1.29, 1.82) is 0 Å². The van der Waals surface area contributed by atoms with Gasteiger partial charge in [-0.05, 0) is 29.0 Å². The Balaban J connectivity index is 2.11. The first-order valence-electron chi connectivity index (χ1n) is 7.83. The summed E-state index contributed by atoms with van der Waals surface area (Å²) >= 11 is 13.6. The van der Waals surface area contributed by atoms with Crippen LogP contribution in [0.25, 0.3) is 0 Å². The van der Waals surface area contributed by atoms with Gasteiger partial charge in [-0.2, -0.15) is 0 Å². The molecule has 0 saturated heterocycles. The van der Waals surface area contributed by atoms with Crippen LogP contribution in [0.2, 0.25) is 10.0 Å². The van der Waals surface area contributed by atoms with Crippen molar-refractivity contribution in [2.45, 2.75) is 26.4 Å². The summed E-state index contributed by atoms with van der Waals surface area (Å²) in [6.07, 6.45) is 0. The van der Waals surface area contributed by atoms with Gasteiger partial charge < -0.3 is 10.2 Å². The lowest BCUT2D eigenvalue weighted by Gasteiger charge is -2.27. The molecule has 2 amide bonds. The van der Waals surface area contributed by atoms with E-state index in [1.165, 1.54) is 11.3 Å². The molecule has 0 aliphatic heterocycles. The number of carbonyl (C=O) groups excluding carboxylic acids is 2. The first kappa shape index (κ1) is 19.8. The highest BCUT2D eigenvalue weighted by Crippen LogP contribution is 2.26. The van der Waals surface area contributed by atoms with Gasteiger partial charge in [0.05, 0.1) is 14.9 Å². The molecule has 4 nitrogen and oxygen atoms in total. The molecule has 0 radical (unpaired) electrons. The van der Waals surface area contributed by atoms with Gasteiger partial charge in [-0.15, -0.1) is 11.3 Å². The molecule has 1 atom stereocenters. The lowest BCUT2D eigenvalue weighted by atomic mass is 10.0. The number of halogens is 2. The summed E-state index contributed by atoms with van der Waals surface area (Å²) in [7, 11) is 1.69. The summed E-state index contributed by atoms with van der Waals surface area (Å²) in [6.45, 7) is 4.12. The Morgan fingerprint density at radius 2 is 1.92 bits per heavy atom. The molecule has 2 rings (SSSR count). The average Bonchev–Trinajstić information content (AvgIpc) is 3.10. The van der Waals surface area contributed by atoms with Gasteiger partial charge in [0.1, 0.15) is 6.04 Å². The van der Waals surface area contributed by atoms with Gasteiger partial charge >= 0.3 is 0 Å². The first-order valence-corrected chi connectivity index (χ1v) is 9.47. The smallest absolute Gasteiger partial charge is 0.262 e. The van der Waals surface area contributed by atoms with Gasteiger partial charge in [-0.3, -0.25) is 9.59 Å². The number of carbonyl (C=O) groups is 2. The van der Waals surface area contributed by atoms with Crippen molar-refractivity contribution in [3.8, 4) is 0 Å². The predicted molar refractivity (Wildman–Crippen MR) is 103 cm³/mol. The maximum atomic E-state index is 12.8. The van der Waals surface area contributed by atoms with Gasteiger partial charge in [0.2, 0.25) is 5.91 Å². The van der Waals surface area contributed by atoms with Crippen LogP contribution in [0.3, 0.4) is 0 Å². The lowest BCUT2D eigenvalue weighted by molar-refractivity contribution is -0.133. The third kappa shape index (κ3) is 4.97. The van der Waals surface area contributed by atoms with Crippen LogP contribution in [0, 0.1) is 5.92 Å². The Morgan fingerprint density at radius 1 is 1.20 bits per heavy atom. The number of amides is 2. The number of nitrogens with one attached hydrogen (secondary N) is 1. The summed E-state index contributed by atoms with van der Waals surface area (Å²) in [4.78, 5) is 27.3. The molecule has 0 bridgehead atoms. The standard InChI is InChI=1S/C18H20Cl2N2O2S/c1-11(2)16(21-17(23)14-8-5-9-25-14)18(24)22(3)10-12-6-4-7-13(19)15(12)20/h4-9,11,16H,10H2,1-3H3,(H,21,23)/t16-/m0/s1.